The van der Waals surface area contributed by atoms with Crippen molar-refractivity contribution in [3.63, 3.8) is 0 Å². The van der Waals surface area contributed by atoms with Gasteiger partial charge in [-0.2, -0.15) is 0 Å². The molecule has 1 aromatic carbocycles. The lowest BCUT2D eigenvalue weighted by Gasteiger charge is -2.31. The minimum atomic E-state index is 0.0691. The molecule has 1 fully saturated rings. The number of carbonyl (C=O) groups is 2. The Kier molecular flexibility index (Phi) is 14.8. The Balaban J connectivity index is 1.48. The summed E-state index contributed by atoms with van der Waals surface area (Å²) in [6, 6.07) is 7.36. The molecule has 1 amide bonds. The molecule has 1 aromatic rings. The summed E-state index contributed by atoms with van der Waals surface area (Å²) in [4.78, 5) is 29.3. The van der Waals surface area contributed by atoms with E-state index in [-0.39, 0.29) is 11.7 Å². The molecule has 34 heavy (non-hydrogen) atoms. The van der Waals surface area contributed by atoms with Crippen LogP contribution in [0.3, 0.4) is 0 Å². The number of piperazine rings is 1. The van der Waals surface area contributed by atoms with Gasteiger partial charge in [-0.3, -0.25) is 14.5 Å². The number of ketones is 1. The third-order valence-corrected chi connectivity index (χ3v) is 6.96. The first kappa shape index (κ1) is 28.5. The van der Waals surface area contributed by atoms with E-state index in [9.17, 15) is 9.59 Å². The number of hydrogen-bond donors (Lipinski definition) is 1. The molecular formula is C29H49N3O2. The van der Waals surface area contributed by atoms with Gasteiger partial charge in [0.25, 0.3) is 0 Å². The Hall–Kier alpha value is -1.72. The summed E-state index contributed by atoms with van der Waals surface area (Å²) in [5.41, 5.74) is 1.49. The van der Waals surface area contributed by atoms with Crippen molar-refractivity contribution in [2.75, 3.05) is 45.1 Å². The van der Waals surface area contributed by atoms with E-state index in [0.29, 0.717) is 18.5 Å². The second-order valence-corrected chi connectivity index (χ2v) is 10.1. The molecule has 0 aromatic heterocycles. The molecule has 192 valence electrons. The first-order valence-corrected chi connectivity index (χ1v) is 13.9. The molecule has 5 heteroatoms. The summed E-state index contributed by atoms with van der Waals surface area (Å²) in [7, 11) is 2.12. The molecule has 0 spiro atoms. The number of amides is 1. The van der Waals surface area contributed by atoms with Crippen molar-refractivity contribution >= 4 is 17.4 Å². The van der Waals surface area contributed by atoms with Crippen molar-refractivity contribution < 1.29 is 9.59 Å². The normalized spacial score (nSPS) is 14.9. The second-order valence-electron chi connectivity index (χ2n) is 10.1. The van der Waals surface area contributed by atoms with E-state index in [0.717, 1.165) is 44.7 Å². The summed E-state index contributed by atoms with van der Waals surface area (Å²) in [6.07, 6.45) is 17.6. The van der Waals surface area contributed by atoms with E-state index in [1.807, 2.05) is 24.3 Å². The average Bonchev–Trinajstić information content (AvgIpc) is 2.84. The molecule has 1 aliphatic rings. The third kappa shape index (κ3) is 12.7. The molecule has 2 rings (SSSR count). The monoisotopic (exact) mass is 471 g/mol. The third-order valence-electron chi connectivity index (χ3n) is 6.96. The summed E-state index contributed by atoms with van der Waals surface area (Å²) < 4.78 is 0. The fraction of sp³-hybridized carbons (Fsp3) is 0.724. The van der Waals surface area contributed by atoms with E-state index >= 15 is 0 Å². The maximum atomic E-state index is 12.5. The van der Waals surface area contributed by atoms with Gasteiger partial charge in [0.1, 0.15) is 0 Å². The van der Waals surface area contributed by atoms with Crippen molar-refractivity contribution in [2.45, 2.75) is 96.8 Å². The summed E-state index contributed by atoms with van der Waals surface area (Å²) in [6.45, 7) is 6.64. The van der Waals surface area contributed by atoms with Crippen LogP contribution in [0.1, 0.15) is 107 Å². The van der Waals surface area contributed by atoms with Gasteiger partial charge in [0, 0.05) is 43.9 Å². The highest BCUT2D eigenvalue weighted by Crippen LogP contribution is 2.15. The van der Waals surface area contributed by atoms with Crippen LogP contribution >= 0.6 is 0 Å². The van der Waals surface area contributed by atoms with E-state index in [2.05, 4.69) is 29.1 Å². The van der Waals surface area contributed by atoms with Crippen molar-refractivity contribution in [3.8, 4) is 0 Å². The highest BCUT2D eigenvalue weighted by Gasteiger charge is 2.17. The van der Waals surface area contributed by atoms with Crippen molar-refractivity contribution in [2.24, 2.45) is 0 Å². The van der Waals surface area contributed by atoms with Crippen LogP contribution in [0.2, 0.25) is 0 Å². The fourth-order valence-electron chi connectivity index (χ4n) is 4.57. The maximum Gasteiger partial charge on any atom is 0.224 e. The quantitative estimate of drug-likeness (QED) is 0.195. The topological polar surface area (TPSA) is 52.7 Å². The predicted octanol–water partition coefficient (Wildman–Crippen LogP) is 6.54. The number of rotatable bonds is 18. The Morgan fingerprint density at radius 1 is 0.735 bits per heavy atom. The van der Waals surface area contributed by atoms with Gasteiger partial charge in [-0.05, 0) is 37.7 Å². The van der Waals surface area contributed by atoms with Gasteiger partial charge in [0.2, 0.25) is 5.91 Å². The molecule has 5 nitrogen and oxygen atoms in total. The van der Waals surface area contributed by atoms with Crippen molar-refractivity contribution in [1.82, 2.24) is 9.80 Å². The molecule has 0 aliphatic carbocycles. The van der Waals surface area contributed by atoms with E-state index in [4.69, 9.17) is 0 Å². The van der Waals surface area contributed by atoms with Gasteiger partial charge in [-0.15, -0.1) is 0 Å². The highest BCUT2D eigenvalue weighted by atomic mass is 16.1. The number of Topliss-reactive ketones (excluding diaryl/α,β-unsaturated/α-hetero) is 1. The molecule has 0 radical (unpaired) electrons. The molecule has 1 N–H and O–H groups in total. The van der Waals surface area contributed by atoms with Crippen LogP contribution in [-0.2, 0) is 4.79 Å². The Labute approximate surface area is 208 Å². The average molecular weight is 472 g/mol. The zero-order chi connectivity index (χ0) is 24.4. The molecular weight excluding hydrogens is 422 g/mol. The van der Waals surface area contributed by atoms with Crippen LogP contribution < -0.4 is 5.32 Å². The Morgan fingerprint density at radius 2 is 1.24 bits per heavy atom. The summed E-state index contributed by atoms with van der Waals surface area (Å²) >= 11 is 0. The van der Waals surface area contributed by atoms with Crippen molar-refractivity contribution in [3.05, 3.63) is 29.8 Å². The number of likely N-dealkylation sites (N-methyl/N-ethyl adjacent to an activating group) is 1. The zero-order valence-electron chi connectivity index (χ0n) is 22.0. The van der Waals surface area contributed by atoms with Gasteiger partial charge in [-0.25, -0.2) is 0 Å². The lowest BCUT2D eigenvalue weighted by Crippen LogP contribution is -2.46. The van der Waals surface area contributed by atoms with E-state index in [1.165, 1.54) is 70.6 Å². The molecule has 0 unspecified atom stereocenters. The smallest absolute Gasteiger partial charge is 0.224 e. The van der Waals surface area contributed by atoms with E-state index in [1.54, 1.807) is 0 Å². The number of unbranched alkanes of at least 4 members (excludes halogenated alkanes) is 12. The first-order chi connectivity index (χ1) is 16.6. The number of hydrogen-bond acceptors (Lipinski definition) is 4. The lowest BCUT2D eigenvalue weighted by molar-refractivity contribution is -0.116. The molecule has 0 atom stereocenters. The largest absolute Gasteiger partial charge is 0.326 e. The molecule has 1 heterocycles. The molecule has 1 aliphatic heterocycles. The lowest BCUT2D eigenvalue weighted by atomic mass is 10.0. The fourth-order valence-corrected chi connectivity index (χ4v) is 4.57. The number of carbonyl (C=O) groups excluding carboxylic acids is 2. The standard InChI is InChI=1S/C29H49N3O2/c1-3-4-5-6-7-8-9-10-11-12-13-14-15-16-29(34)30-27-19-17-26(18-20-27)28(33)25-32-23-21-31(2)22-24-32/h17-20H,3-16,21-25H2,1-2H3,(H,30,34). The zero-order valence-corrected chi connectivity index (χ0v) is 22.0. The molecule has 0 bridgehead atoms. The van der Waals surface area contributed by atoms with Gasteiger partial charge in [0.05, 0.1) is 6.54 Å². The van der Waals surface area contributed by atoms with Gasteiger partial charge < -0.3 is 10.2 Å². The number of nitrogens with one attached hydrogen (secondary N) is 1. The number of anilines is 1. The summed E-state index contributed by atoms with van der Waals surface area (Å²) in [5, 5.41) is 2.97. The summed E-state index contributed by atoms with van der Waals surface area (Å²) in [5.74, 6) is 0.217. The molecule has 0 saturated carbocycles. The van der Waals surface area contributed by atoms with E-state index < -0.39 is 0 Å². The number of benzene rings is 1. The number of nitrogens with zero attached hydrogens (tertiary/aromatic N) is 2. The Bertz CT molecular complexity index is 681. The maximum absolute atomic E-state index is 12.5. The van der Waals surface area contributed by atoms with Gasteiger partial charge in [0.15, 0.2) is 5.78 Å². The van der Waals surface area contributed by atoms with Gasteiger partial charge in [-0.1, -0.05) is 84.0 Å². The van der Waals surface area contributed by atoms with Crippen LogP contribution in [-0.4, -0.2) is 61.3 Å². The minimum absolute atomic E-state index is 0.0691. The predicted molar refractivity (Wildman–Crippen MR) is 144 cm³/mol. The van der Waals surface area contributed by atoms with Crippen LogP contribution in [0.15, 0.2) is 24.3 Å². The SMILES string of the molecule is CCCCCCCCCCCCCCCC(=O)Nc1ccc(C(=O)CN2CCN(C)CC2)cc1. The van der Waals surface area contributed by atoms with Crippen molar-refractivity contribution in [1.29, 1.82) is 0 Å². The highest BCUT2D eigenvalue weighted by molar-refractivity contribution is 5.98. The van der Waals surface area contributed by atoms with Crippen LogP contribution in [0.5, 0.6) is 0 Å². The second kappa shape index (κ2) is 17.7. The first-order valence-electron chi connectivity index (χ1n) is 13.9. The Morgan fingerprint density at radius 3 is 1.76 bits per heavy atom. The van der Waals surface area contributed by atoms with Crippen LogP contribution in [0, 0.1) is 0 Å². The molecule has 1 saturated heterocycles. The minimum Gasteiger partial charge on any atom is -0.326 e. The van der Waals surface area contributed by atoms with Crippen LogP contribution in [0.25, 0.3) is 0 Å². The van der Waals surface area contributed by atoms with Crippen LogP contribution in [0.4, 0.5) is 5.69 Å². The van der Waals surface area contributed by atoms with Gasteiger partial charge >= 0.3 is 0 Å².